The molecule has 2 N–H and O–H groups in total. The molecule has 2 fully saturated rings. The highest BCUT2D eigenvalue weighted by Crippen LogP contribution is 2.40. The van der Waals surface area contributed by atoms with Crippen LogP contribution in [0.2, 0.25) is 0 Å². The Morgan fingerprint density at radius 1 is 1.14 bits per heavy atom. The predicted octanol–water partition coefficient (Wildman–Crippen LogP) is 3.54. The van der Waals surface area contributed by atoms with Crippen LogP contribution >= 0.6 is 11.3 Å². The number of rotatable bonds is 8. The third-order valence-electron chi connectivity index (χ3n) is 8.23. The highest BCUT2D eigenvalue weighted by molar-refractivity contribution is 7.21. The summed E-state index contributed by atoms with van der Waals surface area (Å²) >= 11 is 1.13. The van der Waals surface area contributed by atoms with Crippen LogP contribution in [-0.4, -0.2) is 92.8 Å². The van der Waals surface area contributed by atoms with Crippen LogP contribution in [0.5, 0.6) is 11.5 Å². The lowest BCUT2D eigenvalue weighted by atomic mass is 9.96. The monoisotopic (exact) mass is 603 g/mol. The molecular weight excluding hydrogens is 564 g/mol. The molecule has 42 heavy (non-hydrogen) atoms. The highest BCUT2D eigenvalue weighted by Gasteiger charge is 2.47. The maximum atomic E-state index is 15.3. The summed E-state index contributed by atoms with van der Waals surface area (Å²) in [5, 5.41) is 6.22. The zero-order chi connectivity index (χ0) is 30.2. The summed E-state index contributed by atoms with van der Waals surface area (Å²) in [4.78, 5) is 30.5. The number of aryl methyl sites for hydroxylation is 1. The quantitative estimate of drug-likeness (QED) is 0.408. The molecule has 228 valence electrons. The van der Waals surface area contributed by atoms with Crippen molar-refractivity contribution >= 4 is 27.3 Å². The average molecular weight is 604 g/mol. The molecule has 1 unspecified atom stereocenters. The van der Waals surface area contributed by atoms with Gasteiger partial charge in [-0.1, -0.05) is 0 Å². The smallest absolute Gasteiger partial charge is 0.280 e. The van der Waals surface area contributed by atoms with Crippen molar-refractivity contribution in [1.29, 1.82) is 0 Å². The number of carbonyl (C=O) groups excluding carboxylic acids is 1. The van der Waals surface area contributed by atoms with Crippen LogP contribution < -0.4 is 25.7 Å². The first-order valence-corrected chi connectivity index (χ1v) is 15.0. The zero-order valence-corrected chi connectivity index (χ0v) is 25.6. The van der Waals surface area contributed by atoms with E-state index in [0.717, 1.165) is 48.4 Å². The van der Waals surface area contributed by atoms with Crippen LogP contribution in [0.15, 0.2) is 29.2 Å². The van der Waals surface area contributed by atoms with E-state index in [1.54, 1.807) is 27.5 Å². The van der Waals surface area contributed by atoms with E-state index in [0.29, 0.717) is 40.2 Å². The number of benzene rings is 1. The molecule has 3 aromatic rings. The van der Waals surface area contributed by atoms with E-state index in [1.165, 1.54) is 10.6 Å². The Morgan fingerprint density at radius 3 is 2.40 bits per heavy atom. The van der Waals surface area contributed by atoms with Crippen molar-refractivity contribution in [2.45, 2.75) is 43.8 Å². The molecule has 9 nitrogen and oxygen atoms in total. The van der Waals surface area contributed by atoms with E-state index in [2.05, 4.69) is 10.6 Å². The fourth-order valence-corrected chi connectivity index (χ4v) is 7.12. The number of amides is 1. The molecule has 0 aliphatic carbocycles. The maximum absolute atomic E-state index is 15.3. The third kappa shape index (κ3) is 6.03. The lowest BCUT2D eigenvalue weighted by Crippen LogP contribution is -2.60. The lowest BCUT2D eigenvalue weighted by molar-refractivity contribution is -0.0992. The Kier molecular flexibility index (Phi) is 8.89. The van der Waals surface area contributed by atoms with Crippen molar-refractivity contribution < 1.29 is 23.0 Å². The van der Waals surface area contributed by atoms with E-state index in [1.807, 2.05) is 36.0 Å². The van der Waals surface area contributed by atoms with Crippen LogP contribution in [-0.2, 0) is 13.6 Å². The average Bonchev–Trinajstić information content (AvgIpc) is 3.42. The van der Waals surface area contributed by atoms with Gasteiger partial charge in [0.15, 0.2) is 0 Å². The van der Waals surface area contributed by atoms with Gasteiger partial charge in [-0.2, -0.15) is 0 Å². The van der Waals surface area contributed by atoms with E-state index in [9.17, 15) is 9.59 Å². The van der Waals surface area contributed by atoms with Crippen molar-refractivity contribution in [3.63, 3.8) is 0 Å². The van der Waals surface area contributed by atoms with E-state index in [-0.39, 0.29) is 29.4 Å². The number of nitrogens with zero attached hydrogens (tertiary/aromatic N) is 3. The second-order valence-corrected chi connectivity index (χ2v) is 12.5. The number of piperidine rings is 2. The third-order valence-corrected chi connectivity index (χ3v) is 9.39. The normalized spacial score (nSPS) is 19.8. The molecule has 2 aliphatic rings. The molecule has 1 amide bonds. The van der Waals surface area contributed by atoms with Crippen LogP contribution in [0.3, 0.4) is 0 Å². The first-order chi connectivity index (χ1) is 20.0. The SMILES string of the molecule is COc1cc(-c2cn(C)c(=O)c3cc(C(=O)NC4CCN(C5CCNCC5)CC4(F)F)sc23)cc(OC)c1CN(C)C. The number of aromatic nitrogens is 1. The van der Waals surface area contributed by atoms with E-state index >= 15 is 8.78 Å². The fourth-order valence-electron chi connectivity index (χ4n) is 6.04. The number of alkyl halides is 2. The van der Waals surface area contributed by atoms with Gasteiger partial charge in [-0.3, -0.25) is 14.5 Å². The number of pyridine rings is 1. The number of fused-ring (bicyclic) bond motifs is 1. The Labute approximate surface area is 248 Å². The Balaban J connectivity index is 1.45. The Bertz CT molecular complexity index is 1490. The molecule has 2 aliphatic heterocycles. The molecule has 0 spiro atoms. The predicted molar refractivity (Wildman–Crippen MR) is 161 cm³/mol. The molecule has 2 saturated heterocycles. The standard InChI is InChI=1S/C30H39F2N5O4S/c1-35(2)15-22-23(40-4)12-18(13-24(22)41-5)21-16-36(3)29(39)20-14-25(42-27(20)21)28(38)34-26-8-11-37(17-30(26,31)32)19-6-9-33-10-7-19/h12-14,16,19,26,33H,6-11,15,17H2,1-5H3,(H,34,38). The summed E-state index contributed by atoms with van der Waals surface area (Å²) in [7, 11) is 8.74. The second kappa shape index (κ2) is 12.3. The number of methoxy groups -OCH3 is 2. The number of thiophene rings is 1. The second-order valence-electron chi connectivity index (χ2n) is 11.4. The maximum Gasteiger partial charge on any atom is 0.280 e. The van der Waals surface area contributed by atoms with Crippen molar-refractivity contribution in [2.24, 2.45) is 7.05 Å². The number of carbonyl (C=O) groups is 1. The molecule has 5 rings (SSSR count). The number of nitrogens with one attached hydrogen (secondary N) is 2. The summed E-state index contributed by atoms with van der Waals surface area (Å²) in [6.07, 6.45) is 3.58. The molecule has 1 aromatic carbocycles. The molecule has 4 heterocycles. The number of halogens is 2. The highest BCUT2D eigenvalue weighted by atomic mass is 32.1. The van der Waals surface area contributed by atoms with Gasteiger partial charge in [-0.15, -0.1) is 11.3 Å². The van der Waals surface area contributed by atoms with Gasteiger partial charge < -0.3 is 29.6 Å². The van der Waals surface area contributed by atoms with E-state index < -0.39 is 17.9 Å². The van der Waals surface area contributed by atoms with Crippen LogP contribution in [0.25, 0.3) is 21.2 Å². The first-order valence-electron chi connectivity index (χ1n) is 14.2. The molecule has 1 atom stereocenters. The van der Waals surface area contributed by atoms with Gasteiger partial charge >= 0.3 is 0 Å². The van der Waals surface area contributed by atoms with Gasteiger partial charge in [0.1, 0.15) is 11.5 Å². The zero-order valence-electron chi connectivity index (χ0n) is 24.8. The number of likely N-dealkylation sites (tertiary alicyclic amines) is 1. The largest absolute Gasteiger partial charge is 0.496 e. The Morgan fingerprint density at radius 2 is 1.81 bits per heavy atom. The molecule has 0 bridgehead atoms. The van der Waals surface area contributed by atoms with Gasteiger partial charge in [0.2, 0.25) is 0 Å². The fraction of sp³-hybridized carbons (Fsp3) is 0.533. The minimum absolute atomic E-state index is 0.139. The van der Waals surface area contributed by atoms with Crippen LogP contribution in [0.4, 0.5) is 8.78 Å². The lowest BCUT2D eigenvalue weighted by Gasteiger charge is -2.43. The first kappa shape index (κ1) is 30.4. The van der Waals surface area contributed by atoms with Crippen molar-refractivity contribution in [2.75, 3.05) is 54.5 Å². The molecule has 2 aromatic heterocycles. The summed E-state index contributed by atoms with van der Waals surface area (Å²) in [5.41, 5.74) is 2.07. The number of ether oxygens (including phenoxy) is 2. The minimum Gasteiger partial charge on any atom is -0.496 e. The minimum atomic E-state index is -3.06. The van der Waals surface area contributed by atoms with E-state index in [4.69, 9.17) is 9.47 Å². The van der Waals surface area contributed by atoms with Gasteiger partial charge in [0.05, 0.1) is 42.6 Å². The number of hydrogen-bond acceptors (Lipinski definition) is 8. The van der Waals surface area contributed by atoms with Crippen molar-refractivity contribution in [3.8, 4) is 22.6 Å². The summed E-state index contributed by atoms with van der Waals surface area (Å²) in [6.45, 7) is 2.41. The van der Waals surface area contributed by atoms with Gasteiger partial charge in [0, 0.05) is 42.6 Å². The summed E-state index contributed by atoms with van der Waals surface area (Å²) < 4.78 is 44.0. The summed E-state index contributed by atoms with van der Waals surface area (Å²) in [6, 6.07) is 4.15. The van der Waals surface area contributed by atoms with Crippen LogP contribution in [0.1, 0.15) is 34.5 Å². The van der Waals surface area contributed by atoms with Gasteiger partial charge in [-0.25, -0.2) is 8.78 Å². The van der Waals surface area contributed by atoms with Crippen molar-refractivity contribution in [1.82, 2.24) is 25.0 Å². The topological polar surface area (TPSA) is 88.1 Å². The van der Waals surface area contributed by atoms with Gasteiger partial charge in [0.25, 0.3) is 17.4 Å². The molecule has 0 saturated carbocycles. The van der Waals surface area contributed by atoms with Crippen molar-refractivity contribution in [3.05, 3.63) is 45.2 Å². The van der Waals surface area contributed by atoms with Crippen LogP contribution in [0, 0.1) is 0 Å². The molecular formula is C30H39F2N5O4S. The summed E-state index contributed by atoms with van der Waals surface area (Å²) in [5.74, 6) is -2.39. The Hall–Kier alpha value is -3.06. The van der Waals surface area contributed by atoms with Gasteiger partial charge in [-0.05, 0) is 70.2 Å². The molecule has 12 heteroatoms. The number of hydrogen-bond donors (Lipinski definition) is 2. The molecule has 0 radical (unpaired) electrons.